The number of anilines is 6. The molecule has 3 heteroatoms. The number of benzene rings is 10. The van der Waals surface area contributed by atoms with E-state index in [0.29, 0.717) is 0 Å². The van der Waals surface area contributed by atoms with Crippen LogP contribution in [0.5, 0.6) is 0 Å². The molecule has 1 atom stereocenters. The minimum absolute atomic E-state index is 0.761. The summed E-state index contributed by atoms with van der Waals surface area (Å²) in [6.45, 7) is 0. The largest absolute Gasteiger partial charge is 0.459 e. The maximum atomic E-state index is 7.29. The zero-order valence-corrected chi connectivity index (χ0v) is 36.1. The predicted octanol–water partition coefficient (Wildman–Crippen LogP) is 17.0. The summed E-state index contributed by atoms with van der Waals surface area (Å²) in [6.07, 6.45) is 0. The molecular weight excluding hydrogens is 801 g/mol. The van der Waals surface area contributed by atoms with Crippen LogP contribution >= 0.6 is 0 Å². The van der Waals surface area contributed by atoms with Crippen molar-refractivity contribution in [2.24, 2.45) is 0 Å². The van der Waals surface area contributed by atoms with Gasteiger partial charge in [-0.15, -0.1) is 0 Å². The van der Waals surface area contributed by atoms with Gasteiger partial charge in [-0.05, 0) is 123 Å². The van der Waals surface area contributed by atoms with Gasteiger partial charge in [-0.3, -0.25) is 0 Å². The SMILES string of the molecule is c1ccc(-c2ccc(N(c3ccc4c(c3)C3(c5ccccc5-c5ccc(N(c6ccccc6)c6ccccc6)cc53)c3oc5ccccc5c3-4)c3ccccc3-c3ccccc3)cc2)cc1. The van der Waals surface area contributed by atoms with E-state index in [1.54, 1.807) is 0 Å². The molecule has 0 aliphatic heterocycles. The van der Waals surface area contributed by atoms with Crippen LogP contribution in [0.25, 0.3) is 55.5 Å². The molecule has 0 saturated carbocycles. The first-order valence-corrected chi connectivity index (χ1v) is 22.7. The van der Waals surface area contributed by atoms with Crippen LogP contribution in [0.3, 0.4) is 0 Å². The van der Waals surface area contributed by atoms with Crippen LogP contribution in [0.15, 0.2) is 259 Å². The molecule has 3 nitrogen and oxygen atoms in total. The Labute approximate surface area is 384 Å². The van der Waals surface area contributed by atoms with E-state index in [0.717, 1.165) is 67.5 Å². The number of hydrogen-bond donors (Lipinski definition) is 0. The van der Waals surface area contributed by atoms with Gasteiger partial charge in [0.25, 0.3) is 0 Å². The van der Waals surface area contributed by atoms with Crippen molar-refractivity contribution in [3.8, 4) is 44.5 Å². The lowest BCUT2D eigenvalue weighted by Gasteiger charge is -2.32. The second-order valence-corrected chi connectivity index (χ2v) is 17.2. The molecule has 0 amide bonds. The first kappa shape index (κ1) is 37.9. The van der Waals surface area contributed by atoms with Gasteiger partial charge in [0.05, 0.1) is 5.69 Å². The third kappa shape index (κ3) is 5.77. The molecule has 13 rings (SSSR count). The Morgan fingerprint density at radius 1 is 0.303 bits per heavy atom. The van der Waals surface area contributed by atoms with E-state index in [9.17, 15) is 0 Å². The summed E-state index contributed by atoms with van der Waals surface area (Å²) >= 11 is 0. The van der Waals surface area contributed by atoms with Crippen LogP contribution < -0.4 is 9.80 Å². The molecule has 1 unspecified atom stereocenters. The second-order valence-electron chi connectivity index (χ2n) is 17.2. The molecule has 11 aromatic rings. The Hall–Kier alpha value is -8.66. The lowest BCUT2D eigenvalue weighted by atomic mass is 9.73. The Balaban J connectivity index is 1.09. The van der Waals surface area contributed by atoms with Gasteiger partial charge >= 0.3 is 0 Å². The molecule has 2 aliphatic rings. The Morgan fingerprint density at radius 3 is 1.47 bits per heavy atom. The van der Waals surface area contributed by atoms with Crippen molar-refractivity contribution >= 4 is 45.1 Å². The molecule has 1 spiro atoms. The van der Waals surface area contributed by atoms with Gasteiger partial charge < -0.3 is 14.2 Å². The average Bonchev–Trinajstić information content (AvgIpc) is 4.01. The highest BCUT2D eigenvalue weighted by Crippen LogP contribution is 2.66. The van der Waals surface area contributed by atoms with Gasteiger partial charge in [0.2, 0.25) is 0 Å². The number of hydrogen-bond acceptors (Lipinski definition) is 3. The molecule has 0 N–H and O–H groups in total. The van der Waals surface area contributed by atoms with Crippen LogP contribution in [0, 0.1) is 0 Å². The van der Waals surface area contributed by atoms with Gasteiger partial charge in [0.1, 0.15) is 16.8 Å². The molecule has 0 fully saturated rings. The number of para-hydroxylation sites is 4. The summed E-state index contributed by atoms with van der Waals surface area (Å²) < 4.78 is 7.29. The highest BCUT2D eigenvalue weighted by Gasteiger charge is 2.55. The van der Waals surface area contributed by atoms with E-state index in [1.807, 2.05) is 0 Å². The third-order valence-corrected chi connectivity index (χ3v) is 13.6. The van der Waals surface area contributed by atoms with Crippen LogP contribution in [0.4, 0.5) is 34.1 Å². The highest BCUT2D eigenvalue weighted by atomic mass is 16.3. The van der Waals surface area contributed by atoms with Crippen molar-refractivity contribution in [3.63, 3.8) is 0 Å². The minimum Gasteiger partial charge on any atom is -0.459 e. The van der Waals surface area contributed by atoms with Crippen molar-refractivity contribution in [3.05, 3.63) is 277 Å². The van der Waals surface area contributed by atoms with Crippen LogP contribution in [0.2, 0.25) is 0 Å². The normalized spacial score (nSPS) is 14.1. The van der Waals surface area contributed by atoms with E-state index in [-0.39, 0.29) is 0 Å². The summed E-state index contributed by atoms with van der Waals surface area (Å²) in [5.41, 5.74) is 19.7. The van der Waals surface area contributed by atoms with Crippen LogP contribution in [-0.2, 0) is 5.41 Å². The second kappa shape index (κ2) is 15.3. The van der Waals surface area contributed by atoms with E-state index in [4.69, 9.17) is 4.42 Å². The Morgan fingerprint density at radius 2 is 0.773 bits per heavy atom. The molecule has 0 radical (unpaired) electrons. The summed E-state index contributed by atoms with van der Waals surface area (Å²) in [6, 6.07) is 92.2. The summed E-state index contributed by atoms with van der Waals surface area (Å²) in [5.74, 6) is 0.966. The topological polar surface area (TPSA) is 19.6 Å². The van der Waals surface area contributed by atoms with Gasteiger partial charge in [-0.2, -0.15) is 0 Å². The first-order valence-electron chi connectivity index (χ1n) is 22.7. The van der Waals surface area contributed by atoms with E-state index in [1.165, 1.54) is 44.5 Å². The number of furan rings is 1. The lowest BCUT2D eigenvalue weighted by Crippen LogP contribution is -2.26. The smallest absolute Gasteiger partial charge is 0.135 e. The average molecular weight is 843 g/mol. The molecule has 2 aliphatic carbocycles. The Bertz CT molecular complexity index is 3540. The molecule has 66 heavy (non-hydrogen) atoms. The van der Waals surface area contributed by atoms with Crippen molar-refractivity contribution in [1.82, 2.24) is 0 Å². The van der Waals surface area contributed by atoms with Crippen molar-refractivity contribution in [2.75, 3.05) is 9.80 Å². The lowest BCUT2D eigenvalue weighted by molar-refractivity contribution is 0.507. The summed E-state index contributed by atoms with van der Waals surface area (Å²) in [7, 11) is 0. The van der Waals surface area contributed by atoms with Gasteiger partial charge in [-0.1, -0.05) is 182 Å². The molecule has 1 aromatic heterocycles. The van der Waals surface area contributed by atoms with Crippen molar-refractivity contribution < 1.29 is 4.42 Å². The zero-order valence-electron chi connectivity index (χ0n) is 36.1. The van der Waals surface area contributed by atoms with Crippen molar-refractivity contribution in [2.45, 2.75) is 5.41 Å². The number of fused-ring (bicyclic) bond motifs is 12. The first-order chi connectivity index (χ1) is 32.8. The van der Waals surface area contributed by atoms with E-state index < -0.39 is 5.41 Å². The van der Waals surface area contributed by atoms with Gasteiger partial charge in [-0.25, -0.2) is 0 Å². The molecule has 0 saturated heterocycles. The molecule has 310 valence electrons. The fourth-order valence-corrected chi connectivity index (χ4v) is 10.8. The van der Waals surface area contributed by atoms with E-state index in [2.05, 4.69) is 265 Å². The molecule has 10 aromatic carbocycles. The Kier molecular flexibility index (Phi) is 8.75. The molecule has 0 bridgehead atoms. The fourth-order valence-electron chi connectivity index (χ4n) is 10.8. The maximum Gasteiger partial charge on any atom is 0.135 e. The van der Waals surface area contributed by atoms with E-state index >= 15 is 0 Å². The van der Waals surface area contributed by atoms with Gasteiger partial charge in [0.15, 0.2) is 0 Å². The van der Waals surface area contributed by atoms with Crippen LogP contribution in [-0.4, -0.2) is 0 Å². The number of rotatable bonds is 8. The predicted molar refractivity (Wildman–Crippen MR) is 273 cm³/mol. The highest BCUT2D eigenvalue weighted by molar-refractivity contribution is 6.06. The number of nitrogens with zero attached hydrogens (tertiary/aromatic N) is 2. The zero-order chi connectivity index (χ0) is 43.6. The quantitative estimate of drug-likeness (QED) is 0.152. The minimum atomic E-state index is -0.761. The maximum absolute atomic E-state index is 7.29. The monoisotopic (exact) mass is 842 g/mol. The van der Waals surface area contributed by atoms with Gasteiger partial charge in [0, 0.05) is 45.0 Å². The molecule has 1 heterocycles. The molecular formula is C63H42N2O. The fraction of sp³-hybridized carbons (Fsp3) is 0.0159. The third-order valence-electron chi connectivity index (χ3n) is 13.6. The van der Waals surface area contributed by atoms with Crippen LogP contribution in [0.1, 0.15) is 22.5 Å². The summed E-state index contributed by atoms with van der Waals surface area (Å²) in [4.78, 5) is 4.80. The summed E-state index contributed by atoms with van der Waals surface area (Å²) in [5, 5.41) is 1.12. The standard InChI is InChI=1S/C63H42N2O/c1-5-19-43(20-6-1)44-33-35-48(36-34-44)65(59-31-17-14-27-51(59)45-21-7-2-8-22-45)50-38-40-54-58(42-50)63(62-61(54)55-29-15-18-32-60(55)66-62)56-30-16-13-28-52(56)53-39-37-49(41-57(53)63)64(46-23-9-3-10-24-46)47-25-11-4-12-26-47/h1-42H. The van der Waals surface area contributed by atoms with Crippen molar-refractivity contribution in [1.29, 1.82) is 0 Å².